The van der Waals surface area contributed by atoms with Gasteiger partial charge in [-0.15, -0.1) is 0 Å². The Morgan fingerprint density at radius 3 is 2.52 bits per heavy atom. The molecule has 33 heavy (non-hydrogen) atoms. The monoisotopic (exact) mass is 439 g/mol. The zero-order chi connectivity index (χ0) is 23.2. The van der Waals surface area contributed by atoms with Gasteiger partial charge in [-0.3, -0.25) is 4.79 Å². The van der Waals surface area contributed by atoms with Crippen LogP contribution in [-0.4, -0.2) is 17.1 Å². The lowest BCUT2D eigenvalue weighted by Gasteiger charge is -2.06. The van der Waals surface area contributed by atoms with E-state index in [0.29, 0.717) is 24.6 Å². The van der Waals surface area contributed by atoms with Crippen molar-refractivity contribution in [2.45, 2.75) is 13.5 Å². The maximum atomic E-state index is 13.3. The van der Waals surface area contributed by atoms with Crippen molar-refractivity contribution in [3.05, 3.63) is 102 Å². The molecule has 0 aliphatic rings. The summed E-state index contributed by atoms with van der Waals surface area (Å²) in [5, 5.41) is 13.3. The van der Waals surface area contributed by atoms with E-state index in [9.17, 15) is 14.4 Å². The first-order chi connectivity index (χ1) is 16.1. The molecule has 1 N–H and O–H groups in total. The molecule has 164 valence electrons. The molecule has 1 heterocycles. The third-order valence-electron chi connectivity index (χ3n) is 5.17. The summed E-state index contributed by atoms with van der Waals surface area (Å²) in [6.07, 6.45) is 3.49. The fourth-order valence-electron chi connectivity index (χ4n) is 3.61. The minimum absolute atomic E-state index is 0.00595. The van der Waals surface area contributed by atoms with E-state index in [-0.39, 0.29) is 11.4 Å². The number of hydrogen-bond donors (Lipinski definition) is 1. The van der Waals surface area contributed by atoms with Gasteiger partial charge in [0.1, 0.15) is 23.2 Å². The number of carbonyl (C=O) groups excluding carboxylic acids is 1. The summed E-state index contributed by atoms with van der Waals surface area (Å²) in [5.74, 6) is -0.0607. The predicted molar refractivity (Wildman–Crippen MR) is 127 cm³/mol. The molecular formula is C27H22FN3O2. The molecular weight excluding hydrogens is 417 g/mol. The maximum Gasteiger partial charge on any atom is 0.266 e. The van der Waals surface area contributed by atoms with Gasteiger partial charge in [-0.2, -0.15) is 5.26 Å². The van der Waals surface area contributed by atoms with Crippen LogP contribution in [0.25, 0.3) is 17.0 Å². The number of anilines is 1. The molecule has 0 unspecified atom stereocenters. The lowest BCUT2D eigenvalue weighted by atomic mass is 10.1. The van der Waals surface area contributed by atoms with Crippen LogP contribution < -0.4 is 10.1 Å². The molecule has 0 spiro atoms. The SMILES string of the molecule is CCOc1ccc(NC(=O)/C(C#N)=C\c2cn(Cc3ccc(F)cc3)c3ccccc23)cc1. The lowest BCUT2D eigenvalue weighted by molar-refractivity contribution is -0.112. The van der Waals surface area contributed by atoms with Crippen LogP contribution in [0.1, 0.15) is 18.1 Å². The van der Waals surface area contributed by atoms with E-state index in [4.69, 9.17) is 4.74 Å². The first-order valence-corrected chi connectivity index (χ1v) is 10.6. The van der Waals surface area contributed by atoms with Gasteiger partial charge in [-0.25, -0.2) is 4.39 Å². The Labute approximate surface area is 191 Å². The Morgan fingerprint density at radius 2 is 1.82 bits per heavy atom. The van der Waals surface area contributed by atoms with Crippen molar-refractivity contribution < 1.29 is 13.9 Å². The van der Waals surface area contributed by atoms with E-state index in [0.717, 1.165) is 22.0 Å². The van der Waals surface area contributed by atoms with Crippen molar-refractivity contribution in [2.24, 2.45) is 0 Å². The molecule has 0 aliphatic carbocycles. The lowest BCUT2D eigenvalue weighted by Crippen LogP contribution is -2.13. The van der Waals surface area contributed by atoms with Crippen molar-refractivity contribution in [3.63, 3.8) is 0 Å². The smallest absolute Gasteiger partial charge is 0.266 e. The van der Waals surface area contributed by atoms with Crippen molar-refractivity contribution in [1.82, 2.24) is 4.57 Å². The summed E-state index contributed by atoms with van der Waals surface area (Å²) in [6.45, 7) is 2.99. The topological polar surface area (TPSA) is 67.0 Å². The number of nitriles is 1. The van der Waals surface area contributed by atoms with Crippen LogP contribution in [0, 0.1) is 17.1 Å². The number of nitrogens with one attached hydrogen (secondary N) is 1. The van der Waals surface area contributed by atoms with Gasteiger partial charge in [0.2, 0.25) is 0 Å². The number of aromatic nitrogens is 1. The van der Waals surface area contributed by atoms with E-state index >= 15 is 0 Å². The van der Waals surface area contributed by atoms with Gasteiger partial charge < -0.3 is 14.6 Å². The van der Waals surface area contributed by atoms with Gasteiger partial charge in [-0.1, -0.05) is 30.3 Å². The fourth-order valence-corrected chi connectivity index (χ4v) is 3.61. The number of nitrogens with zero attached hydrogens (tertiary/aromatic N) is 2. The van der Waals surface area contributed by atoms with E-state index in [2.05, 4.69) is 5.32 Å². The molecule has 0 saturated carbocycles. The highest BCUT2D eigenvalue weighted by Crippen LogP contribution is 2.25. The molecule has 4 aromatic rings. The minimum atomic E-state index is -0.489. The average Bonchev–Trinajstić information content (AvgIpc) is 3.17. The second-order valence-electron chi connectivity index (χ2n) is 7.44. The van der Waals surface area contributed by atoms with Crippen LogP contribution >= 0.6 is 0 Å². The molecule has 0 atom stereocenters. The van der Waals surface area contributed by atoms with Gasteiger partial charge in [0.15, 0.2) is 0 Å². The van der Waals surface area contributed by atoms with Gasteiger partial charge in [0, 0.05) is 34.9 Å². The summed E-state index contributed by atoms with van der Waals surface area (Å²) in [6, 6.07) is 23.1. The number of fused-ring (bicyclic) bond motifs is 1. The predicted octanol–water partition coefficient (Wildman–Crippen LogP) is 5.77. The van der Waals surface area contributed by atoms with Crippen molar-refractivity contribution >= 4 is 28.6 Å². The van der Waals surface area contributed by atoms with E-state index in [1.807, 2.05) is 48.0 Å². The molecule has 0 aliphatic heterocycles. The molecule has 1 amide bonds. The van der Waals surface area contributed by atoms with Crippen LogP contribution in [0.5, 0.6) is 5.75 Å². The molecule has 0 radical (unpaired) electrons. The van der Waals surface area contributed by atoms with Gasteiger partial charge >= 0.3 is 0 Å². The largest absolute Gasteiger partial charge is 0.494 e. The van der Waals surface area contributed by atoms with Crippen LogP contribution in [0.15, 0.2) is 84.6 Å². The summed E-state index contributed by atoms with van der Waals surface area (Å²) in [4.78, 5) is 12.7. The Bertz CT molecular complexity index is 1350. The van der Waals surface area contributed by atoms with Crippen molar-refractivity contribution in [3.8, 4) is 11.8 Å². The second kappa shape index (κ2) is 9.84. The van der Waals surface area contributed by atoms with Crippen LogP contribution in [0.4, 0.5) is 10.1 Å². The van der Waals surface area contributed by atoms with Crippen LogP contribution in [0.2, 0.25) is 0 Å². The number of carbonyl (C=O) groups is 1. The molecule has 3 aromatic carbocycles. The van der Waals surface area contributed by atoms with Gasteiger partial charge in [-0.05, 0) is 61.0 Å². The molecule has 4 rings (SSSR count). The molecule has 0 saturated heterocycles. The van der Waals surface area contributed by atoms with E-state index < -0.39 is 5.91 Å². The summed E-state index contributed by atoms with van der Waals surface area (Å²) in [7, 11) is 0. The van der Waals surface area contributed by atoms with Gasteiger partial charge in [0.05, 0.1) is 6.61 Å². The Hall–Kier alpha value is -4.37. The molecule has 0 bridgehead atoms. The number of rotatable bonds is 7. The zero-order valence-electron chi connectivity index (χ0n) is 18.1. The Morgan fingerprint density at radius 1 is 1.09 bits per heavy atom. The third kappa shape index (κ3) is 5.10. The van der Waals surface area contributed by atoms with Crippen LogP contribution in [-0.2, 0) is 11.3 Å². The highest BCUT2D eigenvalue weighted by molar-refractivity contribution is 6.10. The highest BCUT2D eigenvalue weighted by atomic mass is 19.1. The first kappa shape index (κ1) is 21.8. The highest BCUT2D eigenvalue weighted by Gasteiger charge is 2.13. The summed E-state index contributed by atoms with van der Waals surface area (Å²) < 4.78 is 20.7. The normalized spacial score (nSPS) is 11.2. The second-order valence-corrected chi connectivity index (χ2v) is 7.44. The van der Waals surface area contributed by atoms with Crippen molar-refractivity contribution in [1.29, 1.82) is 5.26 Å². The van der Waals surface area contributed by atoms with Gasteiger partial charge in [0.25, 0.3) is 5.91 Å². The van der Waals surface area contributed by atoms with Crippen molar-refractivity contribution in [2.75, 3.05) is 11.9 Å². The minimum Gasteiger partial charge on any atom is -0.494 e. The Kier molecular flexibility index (Phi) is 6.51. The standard InChI is InChI=1S/C27H22FN3O2/c1-2-33-24-13-11-23(12-14-24)30-27(32)20(16-29)15-21-18-31(26-6-4-3-5-25(21)26)17-19-7-9-22(28)10-8-19/h3-15,18H,2,17H2,1H3,(H,30,32)/b20-15-. The number of halogens is 1. The molecule has 0 fully saturated rings. The number of ether oxygens (including phenoxy) is 1. The molecule has 5 nitrogen and oxygen atoms in total. The quantitative estimate of drug-likeness (QED) is 0.293. The van der Waals surface area contributed by atoms with E-state index in [1.54, 1.807) is 42.5 Å². The summed E-state index contributed by atoms with van der Waals surface area (Å²) >= 11 is 0. The Balaban J connectivity index is 1.61. The number of hydrogen-bond acceptors (Lipinski definition) is 3. The average molecular weight is 439 g/mol. The third-order valence-corrected chi connectivity index (χ3v) is 5.17. The maximum absolute atomic E-state index is 13.3. The van der Waals surface area contributed by atoms with Crippen LogP contribution in [0.3, 0.4) is 0 Å². The molecule has 1 aromatic heterocycles. The summed E-state index contributed by atoms with van der Waals surface area (Å²) in [5.41, 5.74) is 3.22. The number of amides is 1. The number of benzene rings is 3. The number of para-hydroxylation sites is 1. The zero-order valence-corrected chi connectivity index (χ0v) is 18.1. The molecule has 6 heteroatoms. The van der Waals surface area contributed by atoms with E-state index in [1.165, 1.54) is 12.1 Å². The fraction of sp³-hybridized carbons (Fsp3) is 0.111. The first-order valence-electron chi connectivity index (χ1n) is 10.6.